The number of rotatable bonds is 5. The molecule has 1 aromatic heterocycles. The molecule has 2 aromatic rings. The third-order valence-electron chi connectivity index (χ3n) is 3.91. The minimum atomic E-state index is -0.214. The summed E-state index contributed by atoms with van der Waals surface area (Å²) in [6, 6.07) is 11.2. The van der Waals surface area contributed by atoms with Crippen LogP contribution in [0.15, 0.2) is 48.7 Å². The molecular formula is C19H21N3O3. The molecule has 0 unspecified atom stereocenters. The lowest BCUT2D eigenvalue weighted by Crippen LogP contribution is -2.37. The van der Waals surface area contributed by atoms with E-state index in [2.05, 4.69) is 15.2 Å². The van der Waals surface area contributed by atoms with E-state index in [4.69, 9.17) is 9.47 Å². The number of nitrogens with one attached hydrogen (secondary N) is 1. The zero-order valence-electron chi connectivity index (χ0n) is 14.1. The summed E-state index contributed by atoms with van der Waals surface area (Å²) in [5, 5.41) is 2.90. The average Bonchev–Trinajstić information content (AvgIpc) is 2.67. The molecule has 1 saturated heterocycles. The normalized spacial score (nSPS) is 14.5. The highest BCUT2D eigenvalue weighted by atomic mass is 16.5. The van der Waals surface area contributed by atoms with Gasteiger partial charge in [0.15, 0.2) is 5.82 Å². The molecule has 0 aliphatic carbocycles. The third kappa shape index (κ3) is 4.36. The summed E-state index contributed by atoms with van der Waals surface area (Å²) in [7, 11) is 1.61. The maximum Gasteiger partial charge on any atom is 0.248 e. The van der Waals surface area contributed by atoms with Crippen LogP contribution in [0.3, 0.4) is 0 Å². The molecule has 0 saturated carbocycles. The van der Waals surface area contributed by atoms with Crippen molar-refractivity contribution in [2.24, 2.45) is 0 Å². The molecular weight excluding hydrogens is 318 g/mol. The molecule has 25 heavy (non-hydrogen) atoms. The van der Waals surface area contributed by atoms with Crippen LogP contribution in [0.25, 0.3) is 6.08 Å². The number of carbonyl (C=O) groups is 1. The van der Waals surface area contributed by atoms with Crippen molar-refractivity contribution in [3.8, 4) is 5.75 Å². The van der Waals surface area contributed by atoms with E-state index < -0.39 is 0 Å². The Kier molecular flexibility index (Phi) is 5.64. The first-order chi connectivity index (χ1) is 12.3. The molecule has 130 valence electrons. The van der Waals surface area contributed by atoms with Gasteiger partial charge in [0, 0.05) is 30.9 Å². The lowest BCUT2D eigenvalue weighted by Gasteiger charge is -2.29. The van der Waals surface area contributed by atoms with E-state index >= 15 is 0 Å². The summed E-state index contributed by atoms with van der Waals surface area (Å²) < 4.78 is 10.7. The fourth-order valence-electron chi connectivity index (χ4n) is 2.67. The number of amides is 1. The molecule has 1 aliphatic rings. The van der Waals surface area contributed by atoms with Crippen molar-refractivity contribution in [3.05, 3.63) is 54.2 Å². The fourth-order valence-corrected chi connectivity index (χ4v) is 2.67. The van der Waals surface area contributed by atoms with Crippen LogP contribution in [0.1, 0.15) is 5.56 Å². The summed E-state index contributed by atoms with van der Waals surface area (Å²) in [6.45, 7) is 2.85. The van der Waals surface area contributed by atoms with Gasteiger partial charge in [-0.1, -0.05) is 18.2 Å². The minimum absolute atomic E-state index is 0.214. The number of hydrogen-bond donors (Lipinski definition) is 1. The average molecular weight is 339 g/mol. The summed E-state index contributed by atoms with van der Waals surface area (Å²) >= 11 is 0. The number of methoxy groups -OCH3 is 1. The zero-order valence-corrected chi connectivity index (χ0v) is 14.1. The van der Waals surface area contributed by atoms with Crippen LogP contribution in [0.2, 0.25) is 0 Å². The van der Waals surface area contributed by atoms with Crippen molar-refractivity contribution in [1.29, 1.82) is 0 Å². The Bertz CT molecular complexity index is 755. The standard InChI is InChI=1S/C19H21N3O3/c1-24-17-7-3-2-5-15(17)8-9-18(23)21-16-6-4-10-20-19(16)22-11-13-25-14-12-22/h2-10H,11-14H2,1H3,(H,21,23). The van der Waals surface area contributed by atoms with Crippen molar-refractivity contribution in [2.45, 2.75) is 0 Å². The van der Waals surface area contributed by atoms with Crippen LogP contribution in [0, 0.1) is 0 Å². The van der Waals surface area contributed by atoms with Crippen LogP contribution < -0.4 is 15.0 Å². The minimum Gasteiger partial charge on any atom is -0.496 e. The van der Waals surface area contributed by atoms with Gasteiger partial charge in [-0.05, 0) is 24.3 Å². The maximum absolute atomic E-state index is 12.3. The van der Waals surface area contributed by atoms with Crippen LogP contribution in [-0.4, -0.2) is 44.3 Å². The lowest BCUT2D eigenvalue weighted by atomic mass is 10.2. The molecule has 0 spiro atoms. The van der Waals surface area contributed by atoms with Gasteiger partial charge in [0.2, 0.25) is 5.91 Å². The fraction of sp³-hybridized carbons (Fsp3) is 0.263. The van der Waals surface area contributed by atoms with E-state index in [1.807, 2.05) is 36.4 Å². The van der Waals surface area contributed by atoms with Crippen molar-refractivity contribution in [1.82, 2.24) is 4.98 Å². The zero-order chi connectivity index (χ0) is 17.5. The number of ether oxygens (including phenoxy) is 2. The molecule has 6 heteroatoms. The number of aromatic nitrogens is 1. The van der Waals surface area contributed by atoms with Crippen molar-refractivity contribution >= 4 is 23.5 Å². The molecule has 6 nitrogen and oxygen atoms in total. The predicted octanol–water partition coefficient (Wildman–Crippen LogP) is 2.58. The Hall–Kier alpha value is -2.86. The highest BCUT2D eigenvalue weighted by Gasteiger charge is 2.16. The monoisotopic (exact) mass is 339 g/mol. The van der Waals surface area contributed by atoms with Crippen molar-refractivity contribution in [3.63, 3.8) is 0 Å². The predicted molar refractivity (Wildman–Crippen MR) is 97.9 cm³/mol. The first kappa shape index (κ1) is 17.0. The SMILES string of the molecule is COc1ccccc1C=CC(=O)Nc1cccnc1N1CCOCC1. The molecule has 0 radical (unpaired) electrons. The summed E-state index contributed by atoms with van der Waals surface area (Å²) in [5.74, 6) is 1.28. The Morgan fingerprint density at radius 2 is 2.04 bits per heavy atom. The molecule has 2 heterocycles. The van der Waals surface area contributed by atoms with E-state index in [1.165, 1.54) is 6.08 Å². The van der Waals surface area contributed by atoms with E-state index in [0.717, 1.165) is 30.2 Å². The number of morpholine rings is 1. The number of pyridine rings is 1. The van der Waals surface area contributed by atoms with Gasteiger partial charge >= 0.3 is 0 Å². The first-order valence-electron chi connectivity index (χ1n) is 8.18. The van der Waals surface area contributed by atoms with Gasteiger partial charge < -0.3 is 19.7 Å². The summed E-state index contributed by atoms with van der Waals surface area (Å²) in [5.41, 5.74) is 1.54. The second-order valence-electron chi connectivity index (χ2n) is 5.54. The highest BCUT2D eigenvalue weighted by Crippen LogP contribution is 2.24. The van der Waals surface area contributed by atoms with Crippen LogP contribution in [0.4, 0.5) is 11.5 Å². The summed E-state index contributed by atoms with van der Waals surface area (Å²) in [6.07, 6.45) is 4.96. The van der Waals surface area contributed by atoms with Crippen molar-refractivity contribution < 1.29 is 14.3 Å². The molecule has 1 amide bonds. The van der Waals surface area contributed by atoms with E-state index in [1.54, 1.807) is 19.4 Å². The van der Waals surface area contributed by atoms with Gasteiger partial charge in [0.05, 0.1) is 26.0 Å². The van der Waals surface area contributed by atoms with E-state index in [0.29, 0.717) is 18.9 Å². The second kappa shape index (κ2) is 8.30. The highest BCUT2D eigenvalue weighted by molar-refractivity contribution is 6.03. The molecule has 0 bridgehead atoms. The smallest absolute Gasteiger partial charge is 0.248 e. The number of hydrogen-bond acceptors (Lipinski definition) is 5. The molecule has 1 aromatic carbocycles. The van der Waals surface area contributed by atoms with Crippen LogP contribution in [0.5, 0.6) is 5.75 Å². The van der Waals surface area contributed by atoms with E-state index in [-0.39, 0.29) is 5.91 Å². The van der Waals surface area contributed by atoms with Gasteiger partial charge in [0.1, 0.15) is 5.75 Å². The quantitative estimate of drug-likeness (QED) is 0.848. The van der Waals surface area contributed by atoms with E-state index in [9.17, 15) is 4.79 Å². The number of carbonyl (C=O) groups excluding carboxylic acids is 1. The molecule has 3 rings (SSSR count). The Morgan fingerprint density at radius 3 is 2.84 bits per heavy atom. The Morgan fingerprint density at radius 1 is 1.24 bits per heavy atom. The summed E-state index contributed by atoms with van der Waals surface area (Å²) in [4.78, 5) is 18.8. The Labute approximate surface area is 147 Å². The molecule has 1 aliphatic heterocycles. The largest absolute Gasteiger partial charge is 0.496 e. The van der Waals surface area contributed by atoms with Gasteiger partial charge in [-0.25, -0.2) is 4.98 Å². The number of anilines is 2. The maximum atomic E-state index is 12.3. The number of benzene rings is 1. The van der Waals surface area contributed by atoms with Gasteiger partial charge in [0.25, 0.3) is 0 Å². The van der Waals surface area contributed by atoms with Gasteiger partial charge in [-0.3, -0.25) is 4.79 Å². The topological polar surface area (TPSA) is 63.7 Å². The van der Waals surface area contributed by atoms with Crippen LogP contribution >= 0.6 is 0 Å². The number of nitrogens with zero attached hydrogens (tertiary/aromatic N) is 2. The lowest BCUT2D eigenvalue weighted by molar-refractivity contribution is -0.111. The Balaban J connectivity index is 1.72. The first-order valence-corrected chi connectivity index (χ1v) is 8.18. The number of para-hydroxylation sites is 1. The third-order valence-corrected chi connectivity index (χ3v) is 3.91. The van der Waals surface area contributed by atoms with Gasteiger partial charge in [-0.15, -0.1) is 0 Å². The molecule has 0 atom stereocenters. The molecule has 1 fully saturated rings. The molecule has 1 N–H and O–H groups in total. The van der Waals surface area contributed by atoms with Crippen LogP contribution in [-0.2, 0) is 9.53 Å². The van der Waals surface area contributed by atoms with Gasteiger partial charge in [-0.2, -0.15) is 0 Å². The van der Waals surface area contributed by atoms with Crippen molar-refractivity contribution in [2.75, 3.05) is 43.6 Å². The second-order valence-corrected chi connectivity index (χ2v) is 5.54.